The third kappa shape index (κ3) is 2.25. The van der Waals surface area contributed by atoms with Crippen molar-refractivity contribution >= 4 is 8.80 Å². The van der Waals surface area contributed by atoms with Crippen molar-refractivity contribution in [1.29, 1.82) is 0 Å². The Balaban J connectivity index is 1.84. The highest BCUT2D eigenvalue weighted by Crippen LogP contribution is 2.46. The molecule has 3 atom stereocenters. The van der Waals surface area contributed by atoms with E-state index in [0.717, 1.165) is 23.8 Å². The van der Waals surface area contributed by atoms with Crippen molar-refractivity contribution in [3.63, 3.8) is 0 Å². The summed E-state index contributed by atoms with van der Waals surface area (Å²) < 4.78 is 16.4. The van der Waals surface area contributed by atoms with E-state index in [1.165, 1.54) is 19.3 Å². The lowest BCUT2D eigenvalue weighted by molar-refractivity contribution is 0.120. The van der Waals surface area contributed by atoms with Gasteiger partial charge >= 0.3 is 8.80 Å². The zero-order valence-corrected chi connectivity index (χ0v) is 11.4. The fraction of sp³-hybridized carbons (Fsp3) is 0.833. The van der Waals surface area contributed by atoms with Crippen molar-refractivity contribution in [2.24, 2.45) is 17.8 Å². The molecule has 2 aliphatic carbocycles. The van der Waals surface area contributed by atoms with Gasteiger partial charge in [0.15, 0.2) is 0 Å². The van der Waals surface area contributed by atoms with E-state index in [0.29, 0.717) is 0 Å². The summed E-state index contributed by atoms with van der Waals surface area (Å²) in [5.74, 6) is 2.48. The zero-order chi connectivity index (χ0) is 11.6. The topological polar surface area (TPSA) is 27.7 Å². The molecule has 2 aliphatic rings. The average molecular weight is 242 g/mol. The van der Waals surface area contributed by atoms with Crippen molar-refractivity contribution in [2.45, 2.75) is 25.3 Å². The maximum atomic E-state index is 5.45. The number of hydrogen-bond donors (Lipinski definition) is 0. The Labute approximate surface area is 99.1 Å². The normalized spacial score (nSPS) is 32.6. The van der Waals surface area contributed by atoms with Crippen LogP contribution in [0.4, 0.5) is 0 Å². The Bertz CT molecular complexity index is 255. The van der Waals surface area contributed by atoms with Crippen molar-refractivity contribution in [1.82, 2.24) is 0 Å². The Morgan fingerprint density at radius 3 is 2.19 bits per heavy atom. The van der Waals surface area contributed by atoms with Crippen LogP contribution in [0.3, 0.4) is 0 Å². The molecule has 0 aliphatic heterocycles. The molecule has 0 aromatic heterocycles. The maximum absolute atomic E-state index is 5.45. The first kappa shape index (κ1) is 12.3. The highest BCUT2D eigenvalue weighted by atomic mass is 28.4. The first-order valence-electron chi connectivity index (χ1n) is 6.07. The minimum atomic E-state index is -2.34. The molecule has 0 heterocycles. The standard InChI is InChI=1S/C12H22O3Si/c1-13-16(14-2,15-3)7-6-12-9-10-4-5-11(12)8-10/h4-5,10-12H,6-9H2,1-3H3/t10-,11+,12?/m1/s1. The van der Waals surface area contributed by atoms with E-state index < -0.39 is 8.80 Å². The van der Waals surface area contributed by atoms with E-state index in [2.05, 4.69) is 12.2 Å². The summed E-state index contributed by atoms with van der Waals surface area (Å²) in [6.07, 6.45) is 8.67. The van der Waals surface area contributed by atoms with Crippen LogP contribution in [-0.2, 0) is 13.3 Å². The van der Waals surface area contributed by atoms with Gasteiger partial charge in [0.2, 0.25) is 0 Å². The number of hydrogen-bond acceptors (Lipinski definition) is 3. The average Bonchev–Trinajstić information content (AvgIpc) is 2.93. The molecule has 0 aromatic carbocycles. The lowest BCUT2D eigenvalue weighted by Crippen LogP contribution is -2.43. The van der Waals surface area contributed by atoms with Crippen molar-refractivity contribution in [3.8, 4) is 0 Å². The number of allylic oxidation sites excluding steroid dienone is 2. The SMILES string of the molecule is CO[Si](CCC1C[C@@H]2C=C[C@H]1C2)(OC)OC. The third-order valence-electron chi connectivity index (χ3n) is 4.17. The van der Waals surface area contributed by atoms with Gasteiger partial charge in [-0.3, -0.25) is 0 Å². The molecule has 0 aromatic rings. The Kier molecular flexibility index (Phi) is 3.84. The summed E-state index contributed by atoms with van der Waals surface area (Å²) in [5, 5.41) is 0. The van der Waals surface area contributed by atoms with Crippen LogP contribution in [0.1, 0.15) is 19.3 Å². The monoisotopic (exact) mass is 242 g/mol. The van der Waals surface area contributed by atoms with Crippen LogP contribution in [0.15, 0.2) is 12.2 Å². The van der Waals surface area contributed by atoms with Gasteiger partial charge in [-0.15, -0.1) is 0 Å². The van der Waals surface area contributed by atoms with E-state index in [1.807, 2.05) is 0 Å². The molecule has 0 N–H and O–H groups in total. The molecule has 2 bridgehead atoms. The van der Waals surface area contributed by atoms with Crippen molar-refractivity contribution in [3.05, 3.63) is 12.2 Å². The van der Waals surface area contributed by atoms with Crippen LogP contribution in [0.5, 0.6) is 0 Å². The zero-order valence-electron chi connectivity index (χ0n) is 10.4. The van der Waals surface area contributed by atoms with Crippen LogP contribution in [0.2, 0.25) is 6.04 Å². The van der Waals surface area contributed by atoms with Gasteiger partial charge < -0.3 is 13.3 Å². The summed E-state index contributed by atoms with van der Waals surface area (Å²) in [4.78, 5) is 0. The summed E-state index contributed by atoms with van der Waals surface area (Å²) >= 11 is 0. The van der Waals surface area contributed by atoms with E-state index in [1.54, 1.807) is 21.3 Å². The van der Waals surface area contributed by atoms with Crippen LogP contribution >= 0.6 is 0 Å². The molecule has 4 heteroatoms. The molecule has 3 nitrogen and oxygen atoms in total. The number of rotatable bonds is 6. The Morgan fingerprint density at radius 2 is 1.75 bits per heavy atom. The van der Waals surface area contributed by atoms with Gasteiger partial charge in [-0.1, -0.05) is 12.2 Å². The molecule has 1 saturated carbocycles. The fourth-order valence-electron chi connectivity index (χ4n) is 3.14. The van der Waals surface area contributed by atoms with Gasteiger partial charge in [-0.25, -0.2) is 0 Å². The minimum absolute atomic E-state index is 0.808. The molecule has 2 rings (SSSR count). The minimum Gasteiger partial charge on any atom is -0.377 e. The predicted octanol–water partition coefficient (Wildman–Crippen LogP) is 2.47. The van der Waals surface area contributed by atoms with Crippen LogP contribution in [0, 0.1) is 17.8 Å². The van der Waals surface area contributed by atoms with E-state index in [-0.39, 0.29) is 0 Å². The summed E-state index contributed by atoms with van der Waals surface area (Å²) in [6.45, 7) is 0. The molecule has 1 unspecified atom stereocenters. The predicted molar refractivity (Wildman–Crippen MR) is 65.0 cm³/mol. The molecule has 92 valence electrons. The van der Waals surface area contributed by atoms with Crippen molar-refractivity contribution < 1.29 is 13.3 Å². The summed E-state index contributed by atoms with van der Waals surface area (Å²) in [7, 11) is 2.75. The molecule has 1 fully saturated rings. The third-order valence-corrected chi connectivity index (χ3v) is 6.94. The van der Waals surface area contributed by atoms with Crippen LogP contribution < -0.4 is 0 Å². The summed E-state index contributed by atoms with van der Waals surface area (Å²) in [5.41, 5.74) is 0. The molecular weight excluding hydrogens is 220 g/mol. The largest absolute Gasteiger partial charge is 0.500 e. The Morgan fingerprint density at radius 1 is 1.06 bits per heavy atom. The van der Waals surface area contributed by atoms with E-state index >= 15 is 0 Å². The molecule has 16 heavy (non-hydrogen) atoms. The quantitative estimate of drug-likeness (QED) is 0.529. The van der Waals surface area contributed by atoms with Crippen LogP contribution in [0.25, 0.3) is 0 Å². The van der Waals surface area contributed by atoms with Gasteiger partial charge in [0.05, 0.1) is 0 Å². The molecule has 0 saturated heterocycles. The lowest BCUT2D eigenvalue weighted by atomic mass is 9.91. The van der Waals surface area contributed by atoms with Gasteiger partial charge in [0.1, 0.15) is 0 Å². The van der Waals surface area contributed by atoms with Crippen LogP contribution in [-0.4, -0.2) is 30.1 Å². The van der Waals surface area contributed by atoms with E-state index in [9.17, 15) is 0 Å². The van der Waals surface area contributed by atoms with Gasteiger partial charge in [0, 0.05) is 27.4 Å². The van der Waals surface area contributed by atoms with Gasteiger partial charge in [0.25, 0.3) is 0 Å². The second-order valence-electron chi connectivity index (χ2n) is 4.87. The lowest BCUT2D eigenvalue weighted by Gasteiger charge is -2.27. The van der Waals surface area contributed by atoms with Gasteiger partial charge in [-0.2, -0.15) is 0 Å². The molecule has 0 amide bonds. The van der Waals surface area contributed by atoms with Crippen molar-refractivity contribution in [2.75, 3.05) is 21.3 Å². The smallest absolute Gasteiger partial charge is 0.377 e. The number of fused-ring (bicyclic) bond motifs is 2. The molecular formula is C12H22O3Si. The molecule has 0 radical (unpaired) electrons. The molecule has 0 spiro atoms. The fourth-order valence-corrected chi connectivity index (χ4v) is 4.98. The second kappa shape index (κ2) is 5.00. The summed E-state index contributed by atoms with van der Waals surface area (Å²) in [6, 6.07) is 0.943. The Hall–Kier alpha value is -0.163. The first-order valence-corrected chi connectivity index (χ1v) is 8.00. The highest BCUT2D eigenvalue weighted by molar-refractivity contribution is 6.60. The second-order valence-corrected chi connectivity index (χ2v) is 7.97. The highest BCUT2D eigenvalue weighted by Gasteiger charge is 2.41. The van der Waals surface area contributed by atoms with Gasteiger partial charge in [-0.05, 0) is 37.0 Å². The first-order chi connectivity index (χ1) is 7.73. The van der Waals surface area contributed by atoms with E-state index in [4.69, 9.17) is 13.3 Å². The maximum Gasteiger partial charge on any atom is 0.500 e.